The molecule has 0 saturated heterocycles. The van der Waals surface area contributed by atoms with Gasteiger partial charge in [-0.05, 0) is 19.8 Å². The largest absolute Gasteiger partial charge is 0.204 e. The molecule has 24 heavy (non-hydrogen) atoms. The van der Waals surface area contributed by atoms with E-state index in [0.717, 1.165) is 17.8 Å². The fourth-order valence-corrected chi connectivity index (χ4v) is 3.45. The summed E-state index contributed by atoms with van der Waals surface area (Å²) in [4.78, 5) is 5.69. The number of unbranched alkanes of at least 4 members (excludes halogenated alkanes) is 15. The van der Waals surface area contributed by atoms with Crippen LogP contribution in [-0.2, 0) is 4.84 Å². The van der Waals surface area contributed by atoms with E-state index in [-0.39, 0.29) is 0 Å². The summed E-state index contributed by atoms with van der Waals surface area (Å²) in [7, 11) is 4.32. The first-order valence-corrected chi connectivity index (χ1v) is 11.1. The van der Waals surface area contributed by atoms with Gasteiger partial charge >= 0.3 is 0 Å². The van der Waals surface area contributed by atoms with Gasteiger partial charge in [-0.3, -0.25) is 0 Å². The van der Waals surface area contributed by atoms with E-state index in [1.807, 2.05) is 0 Å². The summed E-state index contributed by atoms with van der Waals surface area (Å²) in [5.41, 5.74) is 0. The van der Waals surface area contributed by atoms with Crippen molar-refractivity contribution in [1.29, 1.82) is 0 Å². The van der Waals surface area contributed by atoms with Crippen LogP contribution in [0, 0.1) is 0 Å². The molecule has 146 valence electrons. The second-order valence-corrected chi connectivity index (χ2v) is 8.02. The highest BCUT2D eigenvalue weighted by Crippen LogP contribution is 2.14. The number of hydrogen-bond donors (Lipinski definition) is 0. The van der Waals surface area contributed by atoms with Crippen LogP contribution in [0.25, 0.3) is 0 Å². The Labute approximate surface area is 153 Å². The highest BCUT2D eigenvalue weighted by atomic mass is 16.7. The van der Waals surface area contributed by atoms with Crippen LogP contribution in [0.3, 0.4) is 0 Å². The predicted molar refractivity (Wildman–Crippen MR) is 108 cm³/mol. The maximum absolute atomic E-state index is 5.69. The topological polar surface area (TPSA) is 9.23 Å². The molecule has 2 heteroatoms. The average Bonchev–Trinajstić information content (AvgIpc) is 2.54. The van der Waals surface area contributed by atoms with Crippen LogP contribution in [0.15, 0.2) is 0 Å². The quantitative estimate of drug-likeness (QED) is 0.136. The van der Waals surface area contributed by atoms with E-state index in [0.29, 0.717) is 0 Å². The first kappa shape index (κ1) is 23.9. The van der Waals surface area contributed by atoms with Gasteiger partial charge in [-0.15, -0.1) is 0 Å². The molecule has 0 bridgehead atoms. The third-order valence-electron chi connectivity index (χ3n) is 5.03. The van der Waals surface area contributed by atoms with E-state index in [9.17, 15) is 0 Å². The third-order valence-corrected chi connectivity index (χ3v) is 5.03. The predicted octanol–water partition coefficient (Wildman–Crippen LogP) is 7.28. The van der Waals surface area contributed by atoms with Crippen molar-refractivity contribution < 1.29 is 9.48 Å². The average molecular weight is 343 g/mol. The zero-order chi connectivity index (χ0) is 17.9. The lowest BCUT2D eigenvalue weighted by molar-refractivity contribution is -1.08. The van der Waals surface area contributed by atoms with Crippen molar-refractivity contribution in [2.24, 2.45) is 0 Å². The van der Waals surface area contributed by atoms with Crippen LogP contribution in [0.2, 0.25) is 0 Å². The molecular weight excluding hydrogens is 294 g/mol. The van der Waals surface area contributed by atoms with Crippen molar-refractivity contribution in [1.82, 2.24) is 0 Å². The molecule has 0 N–H and O–H groups in total. The summed E-state index contributed by atoms with van der Waals surface area (Å²) < 4.78 is 0.717. The Morgan fingerprint density at radius 1 is 0.500 bits per heavy atom. The Hall–Kier alpha value is -0.0800. The van der Waals surface area contributed by atoms with Crippen molar-refractivity contribution in [3.63, 3.8) is 0 Å². The van der Waals surface area contributed by atoms with Crippen LogP contribution in [0.4, 0.5) is 0 Å². The van der Waals surface area contributed by atoms with Gasteiger partial charge in [0, 0.05) is 0 Å². The highest BCUT2D eigenvalue weighted by Gasteiger charge is 2.14. The van der Waals surface area contributed by atoms with Gasteiger partial charge in [-0.1, -0.05) is 96.8 Å². The molecule has 0 atom stereocenters. The van der Waals surface area contributed by atoms with E-state index >= 15 is 0 Å². The second-order valence-electron chi connectivity index (χ2n) is 8.02. The van der Waals surface area contributed by atoms with E-state index in [1.165, 1.54) is 103 Å². The SMILES string of the molecule is CCCCCCCCCCCCCCCCCC[N+](C)(C)OCC. The Morgan fingerprint density at radius 3 is 1.17 bits per heavy atom. The van der Waals surface area contributed by atoms with Crippen molar-refractivity contribution in [2.45, 2.75) is 117 Å². The molecule has 2 nitrogen and oxygen atoms in total. The number of nitrogens with zero attached hydrogens (tertiary/aromatic N) is 1. The second kappa shape index (κ2) is 17.7. The maximum Gasteiger partial charge on any atom is 0.108 e. The summed E-state index contributed by atoms with van der Waals surface area (Å²) >= 11 is 0. The molecule has 0 aliphatic carbocycles. The summed E-state index contributed by atoms with van der Waals surface area (Å²) in [6, 6.07) is 0. The lowest BCUT2D eigenvalue weighted by Gasteiger charge is -2.26. The summed E-state index contributed by atoms with van der Waals surface area (Å²) in [5.74, 6) is 0. The lowest BCUT2D eigenvalue weighted by Crippen LogP contribution is -2.40. The summed E-state index contributed by atoms with van der Waals surface area (Å²) in [6.07, 6.45) is 22.9. The van der Waals surface area contributed by atoms with Crippen LogP contribution < -0.4 is 0 Å². The van der Waals surface area contributed by atoms with Crippen molar-refractivity contribution >= 4 is 0 Å². The van der Waals surface area contributed by atoms with Gasteiger partial charge in [-0.2, -0.15) is 4.65 Å². The highest BCUT2D eigenvalue weighted by molar-refractivity contribution is 4.49. The van der Waals surface area contributed by atoms with Crippen LogP contribution >= 0.6 is 0 Å². The van der Waals surface area contributed by atoms with Gasteiger partial charge in [-0.25, -0.2) is 4.84 Å². The zero-order valence-corrected chi connectivity index (χ0v) is 17.6. The van der Waals surface area contributed by atoms with Crippen LogP contribution in [-0.4, -0.2) is 31.9 Å². The molecule has 0 spiro atoms. The summed E-state index contributed by atoms with van der Waals surface area (Å²) in [6.45, 7) is 6.33. The Morgan fingerprint density at radius 2 is 0.833 bits per heavy atom. The van der Waals surface area contributed by atoms with E-state index in [1.54, 1.807) is 0 Å². The first-order valence-electron chi connectivity index (χ1n) is 11.1. The fourth-order valence-electron chi connectivity index (χ4n) is 3.45. The Bertz CT molecular complexity index is 240. The minimum absolute atomic E-state index is 0.717. The fraction of sp³-hybridized carbons (Fsp3) is 1.00. The monoisotopic (exact) mass is 342 g/mol. The molecule has 0 unspecified atom stereocenters. The van der Waals surface area contributed by atoms with Crippen molar-refractivity contribution in [2.75, 3.05) is 27.2 Å². The van der Waals surface area contributed by atoms with Crippen LogP contribution in [0.1, 0.15) is 117 Å². The van der Waals surface area contributed by atoms with Gasteiger partial charge in [0.05, 0.1) is 14.1 Å². The van der Waals surface area contributed by atoms with Crippen LogP contribution in [0.5, 0.6) is 0 Å². The molecule has 0 aromatic carbocycles. The minimum atomic E-state index is 0.717. The molecule has 0 heterocycles. The first-order chi connectivity index (χ1) is 11.6. The van der Waals surface area contributed by atoms with Crippen molar-refractivity contribution in [3.05, 3.63) is 0 Å². The minimum Gasteiger partial charge on any atom is -0.204 e. The molecule has 0 saturated carbocycles. The molecule has 0 aromatic heterocycles. The van der Waals surface area contributed by atoms with Crippen molar-refractivity contribution in [3.8, 4) is 0 Å². The Balaban J connectivity index is 3.10. The van der Waals surface area contributed by atoms with Gasteiger partial charge in [0.25, 0.3) is 0 Å². The zero-order valence-electron chi connectivity index (χ0n) is 17.6. The van der Waals surface area contributed by atoms with E-state index < -0.39 is 0 Å². The number of quaternary nitrogens is 1. The van der Waals surface area contributed by atoms with Gasteiger partial charge in [0.2, 0.25) is 0 Å². The molecule has 0 aliphatic rings. The smallest absolute Gasteiger partial charge is 0.108 e. The maximum atomic E-state index is 5.69. The normalized spacial score (nSPS) is 12.0. The van der Waals surface area contributed by atoms with Gasteiger partial charge in [0.15, 0.2) is 0 Å². The third kappa shape index (κ3) is 18.3. The molecule has 0 aliphatic heterocycles. The molecule has 0 amide bonds. The van der Waals surface area contributed by atoms with E-state index in [2.05, 4.69) is 27.9 Å². The lowest BCUT2D eigenvalue weighted by atomic mass is 10.0. The van der Waals surface area contributed by atoms with Gasteiger partial charge in [0.1, 0.15) is 13.2 Å². The Kier molecular flexibility index (Phi) is 17.7. The summed E-state index contributed by atoms with van der Waals surface area (Å²) in [5, 5.41) is 0. The van der Waals surface area contributed by atoms with E-state index in [4.69, 9.17) is 4.84 Å². The molecular formula is C22H48NO+. The van der Waals surface area contributed by atoms with Gasteiger partial charge < -0.3 is 0 Å². The molecule has 0 radical (unpaired) electrons. The number of rotatable bonds is 19. The molecule has 0 rings (SSSR count). The standard InChI is InChI=1S/C22H48NO/c1-5-7-8-9-10-11-12-13-14-15-16-17-18-19-20-21-22-23(3,4)24-6-2/h5-22H2,1-4H3/q+1. The molecule has 0 fully saturated rings. The number of hydroxylamine groups is 3. The molecule has 0 aromatic rings. The number of hydrogen-bond acceptors (Lipinski definition) is 1.